The van der Waals surface area contributed by atoms with E-state index >= 15 is 0 Å². The lowest BCUT2D eigenvalue weighted by molar-refractivity contribution is 0.0963. The summed E-state index contributed by atoms with van der Waals surface area (Å²) in [6, 6.07) is 55.1. The van der Waals surface area contributed by atoms with Crippen LogP contribution < -0.4 is 59.2 Å². The van der Waals surface area contributed by atoms with Crippen LogP contribution in [-0.2, 0) is 0 Å². The van der Waals surface area contributed by atoms with Gasteiger partial charge in [-0.15, -0.1) is 0 Å². The summed E-state index contributed by atoms with van der Waals surface area (Å²) in [7, 11) is 6.15. The van der Waals surface area contributed by atoms with Gasteiger partial charge in [-0.2, -0.15) is 0 Å². The Labute approximate surface area is 796 Å². The van der Waals surface area contributed by atoms with Crippen molar-refractivity contribution in [3.05, 3.63) is 354 Å². The average Bonchev–Trinajstić information content (AvgIpc) is 1.62. The van der Waals surface area contributed by atoms with Crippen molar-refractivity contribution in [2.75, 3.05) is 103 Å². The topological polar surface area (TPSA) is 334 Å². The second-order valence-electron chi connectivity index (χ2n) is 33.5. The molecule has 4 unspecified atom stereocenters. The number of methoxy groups -OCH3 is 4. The zero-order chi connectivity index (χ0) is 98.7. The van der Waals surface area contributed by atoms with Gasteiger partial charge < -0.3 is 99.5 Å². The number of halogens is 4. The number of aliphatic hydroxyl groups excluding tert-OH is 4. The first-order valence-electron chi connectivity index (χ1n) is 44.7. The highest BCUT2D eigenvalue weighted by atomic mass is 19.1. The van der Waals surface area contributed by atoms with Gasteiger partial charge in [0.25, 0.3) is 0 Å². The minimum Gasteiger partial charge on any atom is -0.497 e. The van der Waals surface area contributed by atoms with Crippen molar-refractivity contribution in [2.45, 2.75) is 93.4 Å². The van der Waals surface area contributed by atoms with Crippen molar-refractivity contribution in [1.29, 1.82) is 0 Å². The first kappa shape index (κ1) is 100. The summed E-state index contributed by atoms with van der Waals surface area (Å²) in [5, 5.41) is 53.0. The van der Waals surface area contributed by atoms with Crippen LogP contribution >= 0.6 is 0 Å². The number of hydrogen-bond donors (Lipinski definition) is 12. The fourth-order valence-electron chi connectivity index (χ4n) is 16.4. The third kappa shape index (κ3) is 24.3. The molecule has 4 atom stereocenters. The quantitative estimate of drug-likeness (QED) is 0.0128. The molecular weight excluding hydrogens is 1770 g/mol. The smallest absolute Gasteiger partial charge is 0.191 e. The molecule has 16 aromatic rings. The van der Waals surface area contributed by atoms with Gasteiger partial charge in [-0.25, -0.2) is 17.6 Å². The van der Waals surface area contributed by atoms with Crippen LogP contribution in [0.5, 0.6) is 46.0 Å². The Morgan fingerprint density at radius 2 is 0.493 bits per heavy atom. The Kier molecular flexibility index (Phi) is 33.2. The molecule has 716 valence electrons. The predicted molar refractivity (Wildman–Crippen MR) is 531 cm³/mol. The molecule has 0 saturated carbocycles. The molecule has 0 aliphatic rings. The average molecular weight is 1880 g/mol. The number of anilines is 4. The van der Waals surface area contributed by atoms with E-state index < -0.39 is 24.2 Å². The number of aryl methyl sites for hydroxylation is 10. The zero-order valence-electron chi connectivity index (χ0n) is 79.1. The molecule has 0 radical (unpaired) electrons. The largest absolute Gasteiger partial charge is 0.497 e. The fourth-order valence-corrected chi connectivity index (χ4v) is 16.4. The van der Waals surface area contributed by atoms with Crippen LogP contribution in [0.15, 0.2) is 231 Å². The van der Waals surface area contributed by atoms with Gasteiger partial charge in [-0.1, -0.05) is 47.5 Å². The second kappa shape index (κ2) is 45.8. The van der Waals surface area contributed by atoms with Gasteiger partial charge in [-0.3, -0.25) is 19.2 Å². The number of benzene rings is 12. The van der Waals surface area contributed by atoms with E-state index in [0.717, 1.165) is 77.0 Å². The molecule has 4 aromatic heterocycles. The van der Waals surface area contributed by atoms with Crippen LogP contribution in [0.4, 0.5) is 40.3 Å². The summed E-state index contributed by atoms with van der Waals surface area (Å²) in [5.41, 5.74) is 19.8. The zero-order valence-corrected chi connectivity index (χ0v) is 79.1. The minimum absolute atomic E-state index is 0.125. The molecule has 24 nitrogen and oxygen atoms in total. The lowest BCUT2D eigenvalue weighted by Crippen LogP contribution is -2.22. The molecule has 16 rings (SSSR count). The molecule has 0 bridgehead atoms. The minimum atomic E-state index is -0.797. The molecular formula is C110H112F4N8O16. The standard InChI is InChI=1S/2C28H29FN2O4.2C27H27FN2O4/c2*1-16-10-24-25(15-30-26(24)11-17(16)2)28(33)27(23-6-5-19(29)9-18(23)3)31-20-12-21(34-4)14-22(13-20)35-8-7-32;2*1-16-4-7-25-23(10-16)24(15-29-25)27(32)26(22-6-5-18(28)11-17(22)2)30-19-12-20(33-3)14-21(13-19)34-9-8-31/h2*5-6,9-15,27,30-32H,7-8H2,1-4H3;2*4-7,10-15,26,29-31H,8-9H2,1-3H3. The van der Waals surface area contributed by atoms with Gasteiger partial charge in [-0.05, 0) is 233 Å². The number of carbonyl (C=O) groups excluding carboxylic acids is 4. The third-order valence-corrected chi connectivity index (χ3v) is 23.7. The van der Waals surface area contributed by atoms with Crippen molar-refractivity contribution in [3.8, 4) is 46.0 Å². The van der Waals surface area contributed by atoms with Crippen LogP contribution in [0.3, 0.4) is 0 Å². The van der Waals surface area contributed by atoms with Gasteiger partial charge in [0, 0.05) is 186 Å². The Morgan fingerprint density at radius 3 is 0.725 bits per heavy atom. The van der Waals surface area contributed by atoms with Crippen molar-refractivity contribution < 1.29 is 95.1 Å². The first-order chi connectivity index (χ1) is 66.4. The van der Waals surface area contributed by atoms with Crippen molar-refractivity contribution in [2.24, 2.45) is 0 Å². The number of H-pyrrole nitrogens is 4. The highest BCUT2D eigenvalue weighted by Gasteiger charge is 2.33. The molecule has 0 spiro atoms. The number of aromatic amines is 4. The van der Waals surface area contributed by atoms with E-state index in [1.165, 1.54) is 77.0 Å². The SMILES string of the molecule is COc1cc(NC(C(=O)c2c[nH]c3cc(C)c(C)cc23)c2ccc(F)cc2C)cc(OCCO)c1.COc1cc(NC(C(=O)c2c[nH]c3cc(C)c(C)cc23)c2ccc(F)cc2C)cc(OCCO)c1.COc1cc(NC(C(=O)c2c[nH]c3ccc(C)cc23)c2ccc(F)cc2C)cc(OCCO)c1.COc1cc(NC(C(=O)c2c[nH]c3ccc(C)cc23)c2ccc(F)cc2C)cc(OCCO)c1. The van der Waals surface area contributed by atoms with Crippen LogP contribution in [0.25, 0.3) is 43.6 Å². The molecule has 138 heavy (non-hydrogen) atoms. The number of hydrogen-bond acceptors (Lipinski definition) is 20. The molecule has 12 aromatic carbocycles. The third-order valence-electron chi connectivity index (χ3n) is 23.7. The molecule has 0 aliphatic heterocycles. The Bertz CT molecular complexity index is 6670. The van der Waals surface area contributed by atoms with E-state index in [-0.39, 0.29) is 99.3 Å². The number of aromatic nitrogens is 4. The van der Waals surface area contributed by atoms with Crippen LogP contribution in [-0.4, -0.2) is 145 Å². The highest BCUT2D eigenvalue weighted by Crippen LogP contribution is 2.41. The lowest BCUT2D eigenvalue weighted by atomic mass is 9.93. The van der Waals surface area contributed by atoms with Crippen LogP contribution in [0.2, 0.25) is 0 Å². The monoisotopic (exact) mass is 1880 g/mol. The van der Waals surface area contributed by atoms with Gasteiger partial charge in [0.2, 0.25) is 0 Å². The van der Waals surface area contributed by atoms with E-state index in [9.17, 15) is 36.7 Å². The van der Waals surface area contributed by atoms with E-state index in [4.69, 9.17) is 58.3 Å². The van der Waals surface area contributed by atoms with Crippen LogP contribution in [0, 0.1) is 92.5 Å². The summed E-state index contributed by atoms with van der Waals surface area (Å²) in [6.07, 6.45) is 6.87. The molecule has 0 aliphatic carbocycles. The first-order valence-corrected chi connectivity index (χ1v) is 44.7. The molecule has 0 amide bonds. The van der Waals surface area contributed by atoms with Crippen molar-refractivity contribution >= 4 is 89.5 Å². The summed E-state index contributed by atoms with van der Waals surface area (Å²) in [6.45, 7) is 19.1. The normalized spacial score (nSPS) is 11.9. The van der Waals surface area contributed by atoms with Crippen molar-refractivity contribution in [1.82, 2.24) is 19.9 Å². The number of rotatable bonds is 36. The maximum Gasteiger partial charge on any atom is 0.191 e. The number of aliphatic hydroxyl groups is 4. The Hall–Kier alpha value is -15.4. The summed E-state index contributed by atoms with van der Waals surface area (Å²) < 4.78 is 99.4. The maximum absolute atomic E-state index is 14.0. The Balaban J connectivity index is 0.000000155. The number of nitrogens with one attached hydrogen (secondary N) is 8. The molecule has 0 fully saturated rings. The number of Topliss-reactive ketones (excluding diaryl/α,β-unsaturated/α-hetero) is 4. The van der Waals surface area contributed by atoms with Gasteiger partial charge in [0.1, 0.15) is 120 Å². The number of ether oxygens (including phenoxy) is 8. The Morgan fingerprint density at radius 1 is 0.268 bits per heavy atom. The van der Waals surface area contributed by atoms with Gasteiger partial charge in [0.15, 0.2) is 23.1 Å². The van der Waals surface area contributed by atoms with Crippen molar-refractivity contribution in [3.63, 3.8) is 0 Å². The number of carbonyl (C=O) groups is 4. The van der Waals surface area contributed by atoms with Gasteiger partial charge >= 0.3 is 0 Å². The second-order valence-corrected chi connectivity index (χ2v) is 33.5. The van der Waals surface area contributed by atoms with E-state index in [2.05, 4.69) is 41.2 Å². The summed E-state index contributed by atoms with van der Waals surface area (Å²) in [5.74, 6) is 1.98. The van der Waals surface area contributed by atoms with E-state index in [1.54, 1.807) is 150 Å². The maximum atomic E-state index is 14.0. The van der Waals surface area contributed by atoms with E-state index in [0.29, 0.717) is 136 Å². The summed E-state index contributed by atoms with van der Waals surface area (Å²) >= 11 is 0. The van der Waals surface area contributed by atoms with Gasteiger partial charge in [0.05, 0.1) is 54.9 Å². The number of fused-ring (bicyclic) bond motifs is 4. The molecule has 12 N–H and O–H groups in total. The number of ketones is 4. The molecule has 4 heterocycles. The fraction of sp³-hybridized carbons (Fsp3) is 0.236. The summed E-state index contributed by atoms with van der Waals surface area (Å²) in [4.78, 5) is 68.6. The van der Waals surface area contributed by atoms with E-state index in [1.807, 2.05) is 102 Å². The van der Waals surface area contributed by atoms with Crippen LogP contribution in [0.1, 0.15) is 143 Å². The predicted octanol–water partition coefficient (Wildman–Crippen LogP) is 22.0. The molecule has 28 heteroatoms. The lowest BCUT2D eigenvalue weighted by Gasteiger charge is -2.22. The molecule has 0 saturated heterocycles. The highest BCUT2D eigenvalue weighted by molar-refractivity contribution is 6.15.